The van der Waals surface area contributed by atoms with Crippen molar-refractivity contribution in [3.63, 3.8) is 0 Å². The fourth-order valence-electron chi connectivity index (χ4n) is 3.42. The molecule has 1 aromatic carbocycles. The first-order valence-electron chi connectivity index (χ1n) is 9.57. The molecule has 2 amide bonds. The number of halogens is 1. The van der Waals surface area contributed by atoms with Crippen molar-refractivity contribution in [1.82, 2.24) is 14.9 Å². The predicted octanol–water partition coefficient (Wildman–Crippen LogP) is 4.38. The third-order valence-corrected chi connectivity index (χ3v) is 6.21. The van der Waals surface area contributed by atoms with Gasteiger partial charge in [0.25, 0.3) is 5.91 Å². The van der Waals surface area contributed by atoms with E-state index < -0.39 is 12.0 Å². The minimum absolute atomic E-state index is 0.141. The van der Waals surface area contributed by atoms with Gasteiger partial charge in [0.15, 0.2) is 5.13 Å². The number of carbonyl (C=O) groups is 2. The fourth-order valence-corrected chi connectivity index (χ4v) is 4.65. The molecule has 0 unspecified atom stereocenters. The highest BCUT2D eigenvalue weighted by molar-refractivity contribution is 7.22. The third kappa shape index (κ3) is 4.32. The monoisotopic (exact) mass is 474 g/mol. The number of thiazole rings is 1. The van der Waals surface area contributed by atoms with Crippen LogP contribution in [0.5, 0.6) is 11.6 Å². The van der Waals surface area contributed by atoms with Gasteiger partial charge in [0.2, 0.25) is 5.88 Å². The Morgan fingerprint density at radius 3 is 2.69 bits per heavy atom. The molecule has 2 aromatic heterocycles. The van der Waals surface area contributed by atoms with E-state index in [0.29, 0.717) is 35.9 Å². The van der Waals surface area contributed by atoms with Gasteiger partial charge < -0.3 is 19.5 Å². The molecule has 0 bridgehead atoms. The Labute approximate surface area is 192 Å². The van der Waals surface area contributed by atoms with Crippen LogP contribution in [0.4, 0.5) is 9.93 Å². The van der Waals surface area contributed by atoms with Crippen molar-refractivity contribution in [1.29, 1.82) is 0 Å². The Balaban J connectivity index is 1.67. The van der Waals surface area contributed by atoms with Gasteiger partial charge in [-0.1, -0.05) is 29.0 Å². The first-order valence-corrected chi connectivity index (χ1v) is 10.8. The van der Waals surface area contributed by atoms with Gasteiger partial charge >= 0.3 is 6.09 Å². The van der Waals surface area contributed by atoms with Crippen molar-refractivity contribution < 1.29 is 24.2 Å². The number of hydrogen-bond acceptors (Lipinski definition) is 7. The highest BCUT2D eigenvalue weighted by Crippen LogP contribution is 2.39. The van der Waals surface area contributed by atoms with E-state index in [0.717, 1.165) is 15.8 Å². The second-order valence-electron chi connectivity index (χ2n) is 6.90. The van der Waals surface area contributed by atoms with Crippen LogP contribution < -0.4 is 14.8 Å². The molecular weight excluding hydrogens is 456 g/mol. The number of fused-ring (bicyclic) bond motifs is 1. The predicted molar refractivity (Wildman–Crippen MR) is 122 cm³/mol. The van der Waals surface area contributed by atoms with Gasteiger partial charge in [-0.15, -0.1) is 0 Å². The van der Waals surface area contributed by atoms with Gasteiger partial charge in [-0.25, -0.2) is 14.8 Å². The molecule has 0 atom stereocenters. The van der Waals surface area contributed by atoms with E-state index in [1.54, 1.807) is 7.11 Å². The highest BCUT2D eigenvalue weighted by atomic mass is 35.5. The molecule has 0 saturated carbocycles. The van der Waals surface area contributed by atoms with E-state index >= 15 is 0 Å². The molecule has 2 N–H and O–H groups in total. The zero-order valence-electron chi connectivity index (χ0n) is 17.2. The summed E-state index contributed by atoms with van der Waals surface area (Å²) in [5, 5.41) is 12.5. The average molecular weight is 475 g/mol. The van der Waals surface area contributed by atoms with Gasteiger partial charge in [-0.2, -0.15) is 0 Å². The standard InChI is InChI=1S/C21H19ClN4O5S/c1-30-14-4-3-13(11-5-7-26(8-6-11)21(28)29)18-17(14)24-20(32-18)25-19(27)12-9-15(22)23-16(10-12)31-2/h3-5,9-10H,6-8H2,1-2H3,(H,28,29)(H,24,25,27). The molecular formula is C21H19ClN4O5S. The van der Waals surface area contributed by atoms with Gasteiger partial charge in [0.05, 0.1) is 18.9 Å². The third-order valence-electron chi connectivity index (χ3n) is 5.01. The SMILES string of the molecule is COc1cc(C(=O)Nc2nc3c(OC)ccc(C4=CCN(C(=O)O)CC4)c3s2)cc(Cl)n1. The minimum atomic E-state index is -0.934. The second kappa shape index (κ2) is 9.01. The summed E-state index contributed by atoms with van der Waals surface area (Å²) in [6.45, 7) is 0.743. The normalized spacial score (nSPS) is 13.6. The number of carbonyl (C=O) groups excluding carboxylic acids is 1. The Morgan fingerprint density at radius 2 is 2.03 bits per heavy atom. The topological polar surface area (TPSA) is 114 Å². The molecule has 0 radical (unpaired) electrons. The van der Waals surface area contributed by atoms with E-state index in [1.807, 2.05) is 18.2 Å². The minimum Gasteiger partial charge on any atom is -0.494 e. The van der Waals surface area contributed by atoms with Crippen LogP contribution in [0.15, 0.2) is 30.3 Å². The molecule has 4 rings (SSSR count). The highest BCUT2D eigenvalue weighted by Gasteiger charge is 2.21. The Kier molecular flexibility index (Phi) is 6.15. The zero-order chi connectivity index (χ0) is 22.8. The van der Waals surface area contributed by atoms with Crippen molar-refractivity contribution in [2.24, 2.45) is 0 Å². The summed E-state index contributed by atoms with van der Waals surface area (Å²) in [4.78, 5) is 33.8. The summed E-state index contributed by atoms with van der Waals surface area (Å²) >= 11 is 7.29. The maximum Gasteiger partial charge on any atom is 0.407 e. The first-order chi connectivity index (χ1) is 15.4. The maximum absolute atomic E-state index is 12.8. The van der Waals surface area contributed by atoms with Gasteiger partial charge in [-0.3, -0.25) is 10.1 Å². The number of amides is 2. The molecule has 1 aliphatic heterocycles. The number of carboxylic acid groups (broad SMARTS) is 1. The Hall–Kier alpha value is -3.37. The van der Waals surface area contributed by atoms with Crippen molar-refractivity contribution >= 4 is 55.9 Å². The molecule has 0 spiro atoms. The number of anilines is 1. The summed E-state index contributed by atoms with van der Waals surface area (Å²) < 4.78 is 11.4. The molecule has 11 heteroatoms. The van der Waals surface area contributed by atoms with Crippen LogP contribution in [0.1, 0.15) is 22.3 Å². The lowest BCUT2D eigenvalue weighted by Crippen LogP contribution is -2.33. The number of aromatic nitrogens is 2. The number of hydrogen-bond donors (Lipinski definition) is 2. The van der Waals surface area contributed by atoms with Crippen LogP contribution in [0.3, 0.4) is 0 Å². The van der Waals surface area contributed by atoms with Gasteiger partial charge in [0.1, 0.15) is 16.4 Å². The van der Waals surface area contributed by atoms with Crippen molar-refractivity contribution in [3.05, 3.63) is 46.6 Å². The molecule has 0 aliphatic carbocycles. The van der Waals surface area contributed by atoms with E-state index in [1.165, 1.54) is 35.5 Å². The maximum atomic E-state index is 12.8. The van der Waals surface area contributed by atoms with Crippen LogP contribution >= 0.6 is 22.9 Å². The smallest absolute Gasteiger partial charge is 0.407 e. The van der Waals surface area contributed by atoms with E-state index in [9.17, 15) is 14.7 Å². The number of pyridine rings is 1. The molecule has 166 valence electrons. The Bertz CT molecular complexity index is 1240. The number of ether oxygens (including phenoxy) is 2. The lowest BCUT2D eigenvalue weighted by Gasteiger charge is -2.24. The van der Waals surface area contributed by atoms with Crippen LogP contribution in [0.25, 0.3) is 15.8 Å². The molecule has 3 aromatic rings. The average Bonchev–Trinajstić information content (AvgIpc) is 3.21. The summed E-state index contributed by atoms with van der Waals surface area (Å²) in [6, 6.07) is 6.68. The summed E-state index contributed by atoms with van der Waals surface area (Å²) in [5.74, 6) is 0.411. The first kappa shape index (κ1) is 21.8. The van der Waals surface area contributed by atoms with Crippen molar-refractivity contribution in [3.8, 4) is 11.6 Å². The molecule has 32 heavy (non-hydrogen) atoms. The van der Waals surface area contributed by atoms with E-state index in [-0.39, 0.29) is 16.6 Å². The quantitative estimate of drug-likeness (QED) is 0.527. The van der Waals surface area contributed by atoms with E-state index in [4.69, 9.17) is 21.1 Å². The zero-order valence-corrected chi connectivity index (χ0v) is 18.8. The summed E-state index contributed by atoms with van der Waals surface area (Å²) in [6.07, 6.45) is 1.56. The number of methoxy groups -OCH3 is 2. The fraction of sp³-hybridized carbons (Fsp3) is 0.238. The van der Waals surface area contributed by atoms with Crippen LogP contribution in [-0.4, -0.2) is 59.3 Å². The van der Waals surface area contributed by atoms with E-state index in [2.05, 4.69) is 15.3 Å². The van der Waals surface area contributed by atoms with Crippen LogP contribution in [0, 0.1) is 0 Å². The second-order valence-corrected chi connectivity index (χ2v) is 8.28. The Morgan fingerprint density at radius 1 is 1.22 bits per heavy atom. The van der Waals surface area contributed by atoms with Crippen LogP contribution in [0.2, 0.25) is 5.15 Å². The van der Waals surface area contributed by atoms with Crippen molar-refractivity contribution in [2.45, 2.75) is 6.42 Å². The number of benzene rings is 1. The summed E-state index contributed by atoms with van der Waals surface area (Å²) in [7, 11) is 3.00. The lowest BCUT2D eigenvalue weighted by atomic mass is 9.99. The largest absolute Gasteiger partial charge is 0.494 e. The van der Waals surface area contributed by atoms with Gasteiger partial charge in [0, 0.05) is 24.7 Å². The number of nitrogens with zero attached hydrogens (tertiary/aromatic N) is 3. The molecule has 0 fully saturated rings. The molecule has 9 nitrogen and oxygen atoms in total. The number of nitrogens with one attached hydrogen (secondary N) is 1. The molecule has 0 saturated heterocycles. The number of rotatable bonds is 5. The molecule has 1 aliphatic rings. The van der Waals surface area contributed by atoms with Crippen LogP contribution in [-0.2, 0) is 0 Å². The lowest BCUT2D eigenvalue weighted by molar-refractivity contribution is 0.102. The van der Waals surface area contributed by atoms with Gasteiger partial charge in [-0.05, 0) is 35.8 Å². The molecule has 3 heterocycles. The van der Waals surface area contributed by atoms with Crippen molar-refractivity contribution in [2.75, 3.05) is 32.6 Å². The summed E-state index contributed by atoms with van der Waals surface area (Å²) in [5.41, 5.74) is 2.88.